The van der Waals surface area contributed by atoms with E-state index in [2.05, 4.69) is 15.0 Å². The van der Waals surface area contributed by atoms with Crippen molar-refractivity contribution < 1.29 is 46.1 Å². The molecule has 33 heavy (non-hydrogen) atoms. The zero-order valence-corrected chi connectivity index (χ0v) is 17.3. The van der Waals surface area contributed by atoms with E-state index in [0.29, 0.717) is 0 Å². The van der Waals surface area contributed by atoms with E-state index in [0.717, 1.165) is 30.3 Å². The first-order valence-corrected chi connectivity index (χ1v) is 10.5. The van der Waals surface area contributed by atoms with Crippen molar-refractivity contribution in [2.75, 3.05) is 13.2 Å². The van der Waals surface area contributed by atoms with Crippen LogP contribution >= 0.6 is 0 Å². The molecule has 2 aromatic carbocycles. The van der Waals surface area contributed by atoms with Crippen LogP contribution in [0.2, 0.25) is 0 Å². The second-order valence-corrected chi connectivity index (χ2v) is 8.62. The van der Waals surface area contributed by atoms with Crippen LogP contribution in [0.25, 0.3) is 10.9 Å². The molecule has 0 saturated heterocycles. The van der Waals surface area contributed by atoms with Crippen LogP contribution in [0.4, 0.5) is 13.2 Å². The molecule has 0 fully saturated rings. The number of amides is 1. The Hall–Kier alpha value is -3.87. The summed E-state index contributed by atoms with van der Waals surface area (Å²) < 4.78 is 67.0. The molecule has 1 amide bonds. The molecule has 1 aromatic heterocycles. The first-order valence-electron chi connectivity index (χ1n) is 9.05. The highest BCUT2D eigenvalue weighted by atomic mass is 32.2. The summed E-state index contributed by atoms with van der Waals surface area (Å²) in [6, 6.07) is 9.17. The SMILES string of the molecule is O=C(O)CNC(=O)c1nc2ccc(S(=O)(=O)c3ccc(OCC(F)(F)F)cc3)cc2cc1O. The van der Waals surface area contributed by atoms with Gasteiger partial charge in [0.1, 0.15) is 18.0 Å². The molecule has 3 N–H and O–H groups in total. The Labute approximate surface area is 184 Å². The van der Waals surface area contributed by atoms with Gasteiger partial charge in [0.2, 0.25) is 9.84 Å². The number of pyridine rings is 1. The molecule has 3 aromatic rings. The predicted molar refractivity (Wildman–Crippen MR) is 107 cm³/mol. The molecule has 0 saturated carbocycles. The highest BCUT2D eigenvalue weighted by Gasteiger charge is 2.28. The van der Waals surface area contributed by atoms with E-state index in [-0.39, 0.29) is 26.4 Å². The molecule has 0 aliphatic rings. The first kappa shape index (κ1) is 23.8. The maximum Gasteiger partial charge on any atom is 0.422 e. The summed E-state index contributed by atoms with van der Waals surface area (Å²) in [5, 5.41) is 20.9. The number of aromatic hydroxyl groups is 1. The number of nitrogens with one attached hydrogen (secondary N) is 1. The molecule has 0 aliphatic heterocycles. The number of aliphatic carboxylic acids is 1. The number of carbonyl (C=O) groups excluding carboxylic acids is 1. The summed E-state index contributed by atoms with van der Waals surface area (Å²) in [5.74, 6) is -2.97. The summed E-state index contributed by atoms with van der Waals surface area (Å²) in [5.41, 5.74) is -0.281. The van der Waals surface area contributed by atoms with Crippen LogP contribution in [0.3, 0.4) is 0 Å². The van der Waals surface area contributed by atoms with Crippen LogP contribution in [0.15, 0.2) is 58.3 Å². The number of carboxylic acids is 1. The second kappa shape index (κ2) is 8.94. The largest absolute Gasteiger partial charge is 0.505 e. The molecule has 1 heterocycles. The fraction of sp³-hybridized carbons (Fsp3) is 0.150. The molecule has 174 valence electrons. The maximum absolute atomic E-state index is 12.9. The highest BCUT2D eigenvalue weighted by Crippen LogP contribution is 2.28. The lowest BCUT2D eigenvalue weighted by atomic mass is 10.2. The average Bonchev–Trinajstić information content (AvgIpc) is 2.75. The number of rotatable bonds is 7. The minimum atomic E-state index is -4.54. The van der Waals surface area contributed by atoms with E-state index >= 15 is 0 Å². The smallest absolute Gasteiger partial charge is 0.422 e. The number of nitrogens with zero attached hydrogens (tertiary/aromatic N) is 1. The van der Waals surface area contributed by atoms with Crippen molar-refractivity contribution in [2.45, 2.75) is 16.0 Å². The number of fused-ring (bicyclic) bond motifs is 1. The van der Waals surface area contributed by atoms with E-state index in [1.807, 2.05) is 0 Å². The van der Waals surface area contributed by atoms with E-state index in [1.54, 1.807) is 0 Å². The standard InChI is InChI=1S/C20H15F3N2O7S/c21-20(22,23)10-32-12-1-3-13(4-2-12)33(30,31)14-5-6-15-11(7-14)8-16(26)18(25-15)19(29)24-9-17(27)28/h1-8,26H,9-10H2,(H,24,29)(H,27,28). The number of benzene rings is 2. The number of carboxylic acid groups (broad SMARTS) is 1. The van der Waals surface area contributed by atoms with Gasteiger partial charge in [-0.3, -0.25) is 9.59 Å². The van der Waals surface area contributed by atoms with E-state index in [9.17, 15) is 36.3 Å². The Kier molecular flexibility index (Phi) is 6.44. The third-order valence-electron chi connectivity index (χ3n) is 4.23. The molecule has 13 heteroatoms. The summed E-state index contributed by atoms with van der Waals surface area (Å²) in [6.07, 6.45) is -4.54. The van der Waals surface area contributed by atoms with Gasteiger partial charge in [0, 0.05) is 5.39 Å². The molecule has 0 atom stereocenters. The van der Waals surface area contributed by atoms with E-state index in [4.69, 9.17) is 5.11 Å². The monoisotopic (exact) mass is 484 g/mol. The summed E-state index contributed by atoms with van der Waals surface area (Å²) in [6.45, 7) is -2.20. The number of ether oxygens (including phenoxy) is 1. The second-order valence-electron chi connectivity index (χ2n) is 6.67. The molecule has 0 radical (unpaired) electrons. The average molecular weight is 484 g/mol. The molecular weight excluding hydrogens is 469 g/mol. The van der Waals surface area contributed by atoms with Crippen LogP contribution in [0, 0.1) is 0 Å². The molecule has 9 nitrogen and oxygen atoms in total. The van der Waals surface area contributed by atoms with Crippen LogP contribution in [-0.2, 0) is 14.6 Å². The number of carbonyl (C=O) groups is 2. The van der Waals surface area contributed by atoms with Gasteiger partial charge in [-0.05, 0) is 48.5 Å². The van der Waals surface area contributed by atoms with E-state index < -0.39 is 52.5 Å². The van der Waals surface area contributed by atoms with Crippen molar-refractivity contribution in [2.24, 2.45) is 0 Å². The summed E-state index contributed by atoms with van der Waals surface area (Å²) >= 11 is 0. The van der Waals surface area contributed by atoms with Gasteiger partial charge in [0.15, 0.2) is 12.3 Å². The number of aromatic nitrogens is 1. The molecule has 3 rings (SSSR count). The van der Waals surface area contributed by atoms with Gasteiger partial charge in [-0.1, -0.05) is 0 Å². The number of alkyl halides is 3. The quantitative estimate of drug-likeness (QED) is 0.464. The fourth-order valence-corrected chi connectivity index (χ4v) is 4.03. The molecule has 0 bridgehead atoms. The van der Waals surface area contributed by atoms with Gasteiger partial charge >= 0.3 is 12.1 Å². The Morgan fingerprint density at radius 1 is 1.03 bits per heavy atom. The first-order chi connectivity index (χ1) is 15.4. The Bertz CT molecular complexity index is 1320. The lowest BCUT2D eigenvalue weighted by Gasteiger charge is -2.11. The third kappa shape index (κ3) is 5.68. The van der Waals surface area contributed by atoms with Gasteiger partial charge in [-0.25, -0.2) is 13.4 Å². The number of halogens is 3. The van der Waals surface area contributed by atoms with Crippen molar-refractivity contribution >= 4 is 32.6 Å². The third-order valence-corrected chi connectivity index (χ3v) is 6.00. The van der Waals surface area contributed by atoms with Gasteiger partial charge in [0.25, 0.3) is 5.91 Å². The minimum Gasteiger partial charge on any atom is -0.505 e. The number of hydrogen-bond donors (Lipinski definition) is 3. The Balaban J connectivity index is 1.88. The summed E-state index contributed by atoms with van der Waals surface area (Å²) in [7, 11) is -4.08. The van der Waals surface area contributed by atoms with Crippen LogP contribution in [0.5, 0.6) is 11.5 Å². The van der Waals surface area contributed by atoms with Gasteiger partial charge in [0.05, 0.1) is 15.3 Å². The maximum atomic E-state index is 12.9. The van der Waals surface area contributed by atoms with Crippen molar-refractivity contribution in [1.29, 1.82) is 0 Å². The van der Waals surface area contributed by atoms with Crippen LogP contribution < -0.4 is 10.1 Å². The van der Waals surface area contributed by atoms with Gasteiger partial charge in [-0.15, -0.1) is 0 Å². The molecule has 0 spiro atoms. The molecule has 0 unspecified atom stereocenters. The Morgan fingerprint density at radius 3 is 2.27 bits per heavy atom. The zero-order valence-electron chi connectivity index (χ0n) is 16.5. The molecule has 0 aliphatic carbocycles. The lowest BCUT2D eigenvalue weighted by Crippen LogP contribution is -2.29. The topological polar surface area (TPSA) is 143 Å². The van der Waals surface area contributed by atoms with Crippen LogP contribution in [0.1, 0.15) is 10.5 Å². The van der Waals surface area contributed by atoms with Crippen LogP contribution in [-0.4, -0.2) is 54.8 Å². The van der Waals surface area contributed by atoms with E-state index in [1.165, 1.54) is 18.2 Å². The highest BCUT2D eigenvalue weighted by molar-refractivity contribution is 7.91. The van der Waals surface area contributed by atoms with Crippen molar-refractivity contribution in [3.8, 4) is 11.5 Å². The lowest BCUT2D eigenvalue weighted by molar-refractivity contribution is -0.153. The van der Waals surface area contributed by atoms with Crippen molar-refractivity contribution in [3.05, 3.63) is 54.2 Å². The van der Waals surface area contributed by atoms with Crippen molar-refractivity contribution in [3.63, 3.8) is 0 Å². The number of hydrogen-bond acceptors (Lipinski definition) is 7. The minimum absolute atomic E-state index is 0.156. The molecular formula is C20H15F3N2O7S. The van der Waals surface area contributed by atoms with Gasteiger partial charge < -0.3 is 20.3 Å². The van der Waals surface area contributed by atoms with Crippen molar-refractivity contribution in [1.82, 2.24) is 10.3 Å². The Morgan fingerprint density at radius 2 is 1.67 bits per heavy atom. The van der Waals surface area contributed by atoms with Gasteiger partial charge in [-0.2, -0.15) is 13.2 Å². The predicted octanol–water partition coefficient (Wildman–Crippen LogP) is 2.53. The summed E-state index contributed by atoms with van der Waals surface area (Å²) in [4.78, 5) is 26.1. The zero-order chi connectivity index (χ0) is 24.4. The fourth-order valence-electron chi connectivity index (χ4n) is 2.73. The normalized spacial score (nSPS) is 11.8. The number of sulfone groups is 1.